The lowest BCUT2D eigenvalue weighted by Gasteiger charge is -2.30. The summed E-state index contributed by atoms with van der Waals surface area (Å²) in [6.07, 6.45) is 3.94. The molecular weight excluding hydrogens is 422 g/mol. The maximum Gasteiger partial charge on any atom is 0.303 e. The van der Waals surface area contributed by atoms with Crippen molar-refractivity contribution in [3.8, 4) is 0 Å². The Morgan fingerprint density at radius 1 is 0.853 bits per heavy atom. The molecule has 0 spiro atoms. The van der Waals surface area contributed by atoms with Crippen LogP contribution < -0.4 is 0 Å². The van der Waals surface area contributed by atoms with Crippen molar-refractivity contribution in [1.29, 1.82) is 0 Å². The highest BCUT2D eigenvalue weighted by atomic mass is 16.5. The summed E-state index contributed by atoms with van der Waals surface area (Å²) < 4.78 is 12.0. The molecular formula is C30H33NO3. The van der Waals surface area contributed by atoms with Gasteiger partial charge in [-0.3, -0.25) is 9.69 Å². The van der Waals surface area contributed by atoms with Crippen LogP contribution in [0, 0.1) is 0 Å². The zero-order chi connectivity index (χ0) is 23.6. The van der Waals surface area contributed by atoms with Crippen molar-refractivity contribution in [2.75, 3.05) is 26.2 Å². The molecule has 0 radical (unpaired) electrons. The van der Waals surface area contributed by atoms with Crippen LogP contribution in [0.5, 0.6) is 0 Å². The molecule has 3 aromatic carbocycles. The Hall–Kier alpha value is -3.21. The standard InChI is InChI=1S/C30H33NO3/c1-24(32)34-29(26-11-5-2-6-12-26)23-31-20-17-25(18-21-31)19-22-33-30(27-13-7-3-8-14-27)28-15-9-4-10-16-28/h2-17,29-30H,18-23H2,1H3/t29-/m1/s1. The molecule has 0 saturated carbocycles. The number of nitrogens with zero attached hydrogens (tertiary/aromatic N) is 1. The third-order valence-electron chi connectivity index (χ3n) is 6.20. The van der Waals surface area contributed by atoms with Crippen molar-refractivity contribution >= 4 is 5.97 Å². The number of hydrogen-bond acceptors (Lipinski definition) is 4. The van der Waals surface area contributed by atoms with Gasteiger partial charge in [-0.2, -0.15) is 0 Å². The van der Waals surface area contributed by atoms with Gasteiger partial charge in [-0.1, -0.05) is 103 Å². The predicted molar refractivity (Wildman–Crippen MR) is 135 cm³/mol. The molecule has 1 heterocycles. The monoisotopic (exact) mass is 455 g/mol. The average molecular weight is 456 g/mol. The summed E-state index contributed by atoms with van der Waals surface area (Å²) >= 11 is 0. The fourth-order valence-electron chi connectivity index (χ4n) is 4.41. The number of benzene rings is 3. The summed E-state index contributed by atoms with van der Waals surface area (Å²) in [5, 5.41) is 0. The Bertz CT molecular complexity index is 1010. The molecule has 0 saturated heterocycles. The van der Waals surface area contributed by atoms with Gasteiger partial charge in [0, 0.05) is 26.6 Å². The van der Waals surface area contributed by atoms with Gasteiger partial charge in [-0.25, -0.2) is 0 Å². The zero-order valence-electron chi connectivity index (χ0n) is 19.8. The number of carbonyl (C=O) groups excluding carboxylic acids is 1. The first-order chi connectivity index (χ1) is 16.7. The number of ether oxygens (including phenoxy) is 2. The molecule has 0 fully saturated rings. The van der Waals surface area contributed by atoms with E-state index in [-0.39, 0.29) is 18.2 Å². The van der Waals surface area contributed by atoms with Gasteiger partial charge in [-0.15, -0.1) is 0 Å². The van der Waals surface area contributed by atoms with Gasteiger partial charge >= 0.3 is 5.97 Å². The zero-order valence-corrected chi connectivity index (χ0v) is 19.8. The highest BCUT2D eigenvalue weighted by molar-refractivity contribution is 5.66. The van der Waals surface area contributed by atoms with Crippen molar-refractivity contribution in [3.63, 3.8) is 0 Å². The van der Waals surface area contributed by atoms with Crippen LogP contribution in [-0.2, 0) is 14.3 Å². The average Bonchev–Trinajstić information content (AvgIpc) is 2.88. The molecule has 1 aliphatic heterocycles. The van der Waals surface area contributed by atoms with E-state index in [0.29, 0.717) is 13.2 Å². The van der Waals surface area contributed by atoms with Crippen LogP contribution in [0.1, 0.15) is 48.7 Å². The molecule has 0 bridgehead atoms. The van der Waals surface area contributed by atoms with Crippen LogP contribution >= 0.6 is 0 Å². The fourth-order valence-corrected chi connectivity index (χ4v) is 4.41. The summed E-state index contributed by atoms with van der Waals surface area (Å²) in [5.74, 6) is -0.245. The number of carbonyl (C=O) groups is 1. The maximum atomic E-state index is 11.6. The van der Waals surface area contributed by atoms with Gasteiger partial charge in [0.05, 0.1) is 6.61 Å². The second-order valence-corrected chi connectivity index (χ2v) is 8.70. The lowest BCUT2D eigenvalue weighted by molar-refractivity contribution is -0.147. The van der Waals surface area contributed by atoms with E-state index in [4.69, 9.17) is 9.47 Å². The quantitative estimate of drug-likeness (QED) is 0.273. The minimum atomic E-state index is -0.245. The molecule has 0 aliphatic carbocycles. The van der Waals surface area contributed by atoms with Crippen LogP contribution in [0.2, 0.25) is 0 Å². The third-order valence-corrected chi connectivity index (χ3v) is 6.20. The predicted octanol–water partition coefficient (Wildman–Crippen LogP) is 6.12. The van der Waals surface area contributed by atoms with E-state index in [1.165, 1.54) is 23.6 Å². The fraction of sp³-hybridized carbons (Fsp3) is 0.300. The second kappa shape index (κ2) is 12.3. The van der Waals surface area contributed by atoms with Crippen LogP contribution in [0.3, 0.4) is 0 Å². The van der Waals surface area contributed by atoms with Gasteiger partial charge < -0.3 is 9.47 Å². The van der Waals surface area contributed by atoms with Crippen LogP contribution in [-0.4, -0.2) is 37.1 Å². The van der Waals surface area contributed by atoms with Crippen molar-refractivity contribution < 1.29 is 14.3 Å². The Morgan fingerprint density at radius 2 is 1.41 bits per heavy atom. The van der Waals surface area contributed by atoms with E-state index in [9.17, 15) is 4.79 Å². The molecule has 0 aromatic heterocycles. The highest BCUT2D eigenvalue weighted by Crippen LogP contribution is 2.27. The normalized spacial score (nSPS) is 15.1. The Morgan fingerprint density at radius 3 is 1.91 bits per heavy atom. The smallest absolute Gasteiger partial charge is 0.303 e. The van der Waals surface area contributed by atoms with E-state index in [0.717, 1.165) is 31.5 Å². The summed E-state index contributed by atoms with van der Waals surface area (Å²) in [6.45, 7) is 4.68. The molecule has 1 aliphatic rings. The molecule has 4 heteroatoms. The number of esters is 1. The number of rotatable bonds is 10. The Balaban J connectivity index is 1.31. The second-order valence-electron chi connectivity index (χ2n) is 8.70. The molecule has 0 amide bonds. The molecule has 0 N–H and O–H groups in total. The van der Waals surface area contributed by atoms with Gasteiger partial charge in [0.2, 0.25) is 0 Å². The van der Waals surface area contributed by atoms with E-state index >= 15 is 0 Å². The first-order valence-corrected chi connectivity index (χ1v) is 12.0. The molecule has 0 unspecified atom stereocenters. The molecule has 34 heavy (non-hydrogen) atoms. The lowest BCUT2D eigenvalue weighted by atomic mass is 10.0. The number of hydrogen-bond donors (Lipinski definition) is 0. The van der Waals surface area contributed by atoms with Gasteiger partial charge in [0.1, 0.15) is 12.2 Å². The van der Waals surface area contributed by atoms with E-state index in [1.54, 1.807) is 0 Å². The van der Waals surface area contributed by atoms with Crippen LogP contribution in [0.25, 0.3) is 0 Å². The van der Waals surface area contributed by atoms with Crippen molar-refractivity contribution in [3.05, 3.63) is 119 Å². The maximum absolute atomic E-state index is 11.6. The highest BCUT2D eigenvalue weighted by Gasteiger charge is 2.21. The van der Waals surface area contributed by atoms with Crippen molar-refractivity contribution in [2.45, 2.75) is 32.0 Å². The minimum Gasteiger partial charge on any atom is -0.456 e. The molecule has 1 atom stereocenters. The summed E-state index contributed by atoms with van der Waals surface area (Å²) in [5.41, 5.74) is 4.82. The summed E-state index contributed by atoms with van der Waals surface area (Å²) in [6, 6.07) is 30.8. The van der Waals surface area contributed by atoms with Crippen molar-refractivity contribution in [2.24, 2.45) is 0 Å². The third kappa shape index (κ3) is 6.89. The van der Waals surface area contributed by atoms with Crippen molar-refractivity contribution in [1.82, 2.24) is 4.90 Å². The Labute approximate surface area is 202 Å². The summed E-state index contributed by atoms with van der Waals surface area (Å²) in [7, 11) is 0. The first kappa shape index (κ1) is 23.9. The van der Waals surface area contributed by atoms with Crippen LogP contribution in [0.15, 0.2) is 103 Å². The molecule has 3 aromatic rings. The van der Waals surface area contributed by atoms with E-state index < -0.39 is 0 Å². The Kier molecular flexibility index (Phi) is 8.66. The largest absolute Gasteiger partial charge is 0.456 e. The van der Waals surface area contributed by atoms with E-state index in [2.05, 4.69) is 59.5 Å². The molecule has 4 nitrogen and oxygen atoms in total. The SMILES string of the molecule is CC(=O)O[C@H](CN1CC=C(CCOC(c2ccccc2)c2ccccc2)CC1)c1ccccc1. The van der Waals surface area contributed by atoms with Gasteiger partial charge in [0.15, 0.2) is 0 Å². The topological polar surface area (TPSA) is 38.8 Å². The summed E-state index contributed by atoms with van der Waals surface area (Å²) in [4.78, 5) is 14.0. The lowest BCUT2D eigenvalue weighted by Crippen LogP contribution is -2.34. The van der Waals surface area contributed by atoms with E-state index in [1.807, 2.05) is 42.5 Å². The molecule has 176 valence electrons. The van der Waals surface area contributed by atoms with Gasteiger partial charge in [-0.05, 0) is 29.5 Å². The minimum absolute atomic E-state index is 0.0570. The molecule has 4 rings (SSSR count). The first-order valence-electron chi connectivity index (χ1n) is 12.0. The van der Waals surface area contributed by atoms with Crippen LogP contribution in [0.4, 0.5) is 0 Å². The van der Waals surface area contributed by atoms with Gasteiger partial charge in [0.25, 0.3) is 0 Å².